The van der Waals surface area contributed by atoms with Gasteiger partial charge in [0, 0.05) is 20.1 Å². The van der Waals surface area contributed by atoms with Crippen molar-refractivity contribution in [3.05, 3.63) is 24.3 Å². The Morgan fingerprint density at radius 3 is 2.68 bits per heavy atom. The van der Waals surface area contributed by atoms with Crippen LogP contribution in [0.5, 0.6) is 0 Å². The molecule has 7 heteroatoms. The van der Waals surface area contributed by atoms with Gasteiger partial charge in [0.2, 0.25) is 0 Å². The van der Waals surface area contributed by atoms with E-state index in [9.17, 15) is 9.59 Å². The number of hydrogen-bond donors (Lipinski definition) is 4. The fourth-order valence-electron chi connectivity index (χ4n) is 1.42. The Hall–Kier alpha value is -2.28. The SMILES string of the molecule is COCCC(NC(=O)Nc1ccccc1N)C(=O)O. The van der Waals surface area contributed by atoms with Crippen molar-refractivity contribution in [3.8, 4) is 0 Å². The highest BCUT2D eigenvalue weighted by atomic mass is 16.5. The van der Waals surface area contributed by atoms with Gasteiger partial charge >= 0.3 is 12.0 Å². The number of carboxylic acids is 1. The summed E-state index contributed by atoms with van der Waals surface area (Å²) in [4.78, 5) is 22.6. The summed E-state index contributed by atoms with van der Waals surface area (Å²) >= 11 is 0. The minimum atomic E-state index is -1.12. The van der Waals surface area contributed by atoms with E-state index in [0.717, 1.165) is 0 Å². The molecule has 1 atom stereocenters. The maximum Gasteiger partial charge on any atom is 0.326 e. The van der Waals surface area contributed by atoms with Gasteiger partial charge < -0.3 is 26.2 Å². The second-order valence-corrected chi connectivity index (χ2v) is 3.86. The Kier molecular flexibility index (Phi) is 5.62. The zero-order chi connectivity index (χ0) is 14.3. The van der Waals surface area contributed by atoms with Crippen molar-refractivity contribution in [2.75, 3.05) is 24.8 Å². The number of benzene rings is 1. The minimum Gasteiger partial charge on any atom is -0.480 e. The van der Waals surface area contributed by atoms with E-state index in [0.29, 0.717) is 11.4 Å². The van der Waals surface area contributed by atoms with Crippen molar-refractivity contribution in [1.82, 2.24) is 5.32 Å². The monoisotopic (exact) mass is 267 g/mol. The molecule has 0 heterocycles. The number of ether oxygens (including phenoxy) is 1. The van der Waals surface area contributed by atoms with Crippen LogP contribution in [0.15, 0.2) is 24.3 Å². The summed E-state index contributed by atoms with van der Waals surface area (Å²) in [6, 6.07) is 5.07. The smallest absolute Gasteiger partial charge is 0.326 e. The number of aliphatic carboxylic acids is 1. The summed E-state index contributed by atoms with van der Waals surface area (Å²) in [6.07, 6.45) is 0.184. The van der Waals surface area contributed by atoms with Crippen LogP contribution in [0.3, 0.4) is 0 Å². The number of carboxylic acid groups (broad SMARTS) is 1. The summed E-state index contributed by atoms with van der Waals surface area (Å²) in [7, 11) is 1.46. The molecule has 19 heavy (non-hydrogen) atoms. The van der Waals surface area contributed by atoms with Gasteiger partial charge in [-0.15, -0.1) is 0 Å². The number of amides is 2. The average Bonchev–Trinajstić information content (AvgIpc) is 2.37. The van der Waals surface area contributed by atoms with Gasteiger partial charge in [-0.25, -0.2) is 9.59 Å². The first-order valence-electron chi connectivity index (χ1n) is 5.68. The van der Waals surface area contributed by atoms with Crippen molar-refractivity contribution in [2.45, 2.75) is 12.5 Å². The maximum atomic E-state index is 11.7. The Balaban J connectivity index is 2.58. The first-order valence-corrected chi connectivity index (χ1v) is 5.68. The van der Waals surface area contributed by atoms with Crippen LogP contribution in [0.4, 0.5) is 16.2 Å². The minimum absolute atomic E-state index is 0.184. The Morgan fingerprint density at radius 1 is 1.42 bits per heavy atom. The second-order valence-electron chi connectivity index (χ2n) is 3.86. The highest BCUT2D eigenvalue weighted by molar-refractivity contribution is 5.94. The van der Waals surface area contributed by atoms with Crippen molar-refractivity contribution < 1.29 is 19.4 Å². The average molecular weight is 267 g/mol. The van der Waals surface area contributed by atoms with Gasteiger partial charge in [-0.3, -0.25) is 0 Å². The van der Waals surface area contributed by atoms with Gasteiger partial charge in [-0.2, -0.15) is 0 Å². The molecule has 104 valence electrons. The number of hydrogen-bond acceptors (Lipinski definition) is 4. The van der Waals surface area contributed by atoms with Crippen molar-refractivity contribution in [3.63, 3.8) is 0 Å². The van der Waals surface area contributed by atoms with Crippen LogP contribution >= 0.6 is 0 Å². The molecule has 5 N–H and O–H groups in total. The molecule has 0 bridgehead atoms. The van der Waals surface area contributed by atoms with Crippen LogP contribution in [-0.2, 0) is 9.53 Å². The van der Waals surface area contributed by atoms with Crippen molar-refractivity contribution >= 4 is 23.4 Å². The summed E-state index contributed by atoms with van der Waals surface area (Å²) < 4.78 is 4.79. The summed E-state index contributed by atoms with van der Waals surface area (Å²) in [5.41, 5.74) is 6.49. The molecule has 0 radical (unpaired) electrons. The summed E-state index contributed by atoms with van der Waals surface area (Å²) in [6.45, 7) is 0.241. The molecule has 1 aromatic rings. The van der Waals surface area contributed by atoms with Crippen LogP contribution in [0.25, 0.3) is 0 Å². The number of rotatable bonds is 6. The lowest BCUT2D eigenvalue weighted by molar-refractivity contribution is -0.139. The Labute approximate surface area is 110 Å². The molecule has 0 saturated carbocycles. The van der Waals surface area contributed by atoms with E-state index in [1.807, 2.05) is 0 Å². The van der Waals surface area contributed by atoms with Crippen LogP contribution in [0, 0.1) is 0 Å². The van der Waals surface area contributed by atoms with E-state index in [1.54, 1.807) is 24.3 Å². The lowest BCUT2D eigenvalue weighted by atomic mass is 10.2. The molecule has 1 aromatic carbocycles. The quantitative estimate of drug-likeness (QED) is 0.571. The number of nitrogens with two attached hydrogens (primary N) is 1. The largest absolute Gasteiger partial charge is 0.480 e. The van der Waals surface area contributed by atoms with Crippen LogP contribution in [0.1, 0.15) is 6.42 Å². The first kappa shape index (κ1) is 14.8. The van der Waals surface area contributed by atoms with Gasteiger partial charge in [-0.1, -0.05) is 12.1 Å². The maximum absolute atomic E-state index is 11.7. The fraction of sp³-hybridized carbons (Fsp3) is 0.333. The zero-order valence-corrected chi connectivity index (χ0v) is 10.6. The number of para-hydroxylation sites is 2. The molecular formula is C12H17N3O4. The number of anilines is 2. The molecule has 0 aliphatic heterocycles. The number of nitrogen functional groups attached to an aromatic ring is 1. The normalized spacial score (nSPS) is 11.6. The van der Waals surface area contributed by atoms with Crippen LogP contribution < -0.4 is 16.4 Å². The predicted molar refractivity (Wildman–Crippen MR) is 70.9 cm³/mol. The predicted octanol–water partition coefficient (Wildman–Crippen LogP) is 0.880. The van der Waals surface area contributed by atoms with E-state index in [4.69, 9.17) is 15.6 Å². The van der Waals surface area contributed by atoms with E-state index in [-0.39, 0.29) is 13.0 Å². The molecule has 0 fully saturated rings. The number of carbonyl (C=O) groups excluding carboxylic acids is 1. The number of methoxy groups -OCH3 is 1. The van der Waals surface area contributed by atoms with Gasteiger partial charge in [0.25, 0.3) is 0 Å². The van der Waals surface area contributed by atoms with Gasteiger partial charge in [-0.05, 0) is 12.1 Å². The summed E-state index contributed by atoms with van der Waals surface area (Å²) in [5, 5.41) is 13.8. The fourth-order valence-corrected chi connectivity index (χ4v) is 1.42. The van der Waals surface area contributed by atoms with Crippen LogP contribution in [-0.4, -0.2) is 36.9 Å². The number of carbonyl (C=O) groups is 2. The molecule has 0 saturated heterocycles. The zero-order valence-electron chi connectivity index (χ0n) is 10.6. The molecule has 0 spiro atoms. The van der Waals surface area contributed by atoms with Crippen molar-refractivity contribution in [1.29, 1.82) is 0 Å². The van der Waals surface area contributed by atoms with Gasteiger partial charge in [0.1, 0.15) is 6.04 Å². The molecule has 1 rings (SSSR count). The van der Waals surface area contributed by atoms with Gasteiger partial charge in [0.05, 0.1) is 11.4 Å². The molecule has 2 amide bonds. The van der Waals surface area contributed by atoms with Crippen LogP contribution in [0.2, 0.25) is 0 Å². The Morgan fingerprint density at radius 2 is 2.11 bits per heavy atom. The molecule has 0 aliphatic carbocycles. The molecule has 7 nitrogen and oxygen atoms in total. The third-order valence-electron chi connectivity index (χ3n) is 2.42. The standard InChI is InChI=1S/C12H17N3O4/c1-19-7-6-10(11(16)17)15-12(18)14-9-5-3-2-4-8(9)13/h2-5,10H,6-7,13H2,1H3,(H,16,17)(H2,14,15,18). The lowest BCUT2D eigenvalue weighted by Gasteiger charge is -2.15. The third kappa shape index (κ3) is 4.84. The molecule has 0 aliphatic rings. The molecular weight excluding hydrogens is 250 g/mol. The van der Waals surface area contributed by atoms with Crippen molar-refractivity contribution in [2.24, 2.45) is 0 Å². The van der Waals surface area contributed by atoms with E-state index in [1.165, 1.54) is 7.11 Å². The molecule has 1 unspecified atom stereocenters. The highest BCUT2D eigenvalue weighted by Crippen LogP contribution is 2.16. The molecule has 0 aromatic heterocycles. The summed E-state index contributed by atoms with van der Waals surface area (Å²) in [5.74, 6) is -1.12. The first-order chi connectivity index (χ1) is 9.04. The van der Waals surface area contributed by atoms with E-state index in [2.05, 4.69) is 10.6 Å². The third-order valence-corrected chi connectivity index (χ3v) is 2.42. The van der Waals surface area contributed by atoms with Gasteiger partial charge in [0.15, 0.2) is 0 Å². The highest BCUT2D eigenvalue weighted by Gasteiger charge is 2.19. The topological polar surface area (TPSA) is 114 Å². The number of nitrogens with one attached hydrogen (secondary N) is 2. The Bertz CT molecular complexity index is 450. The van der Waals surface area contributed by atoms with E-state index < -0.39 is 18.0 Å². The number of urea groups is 1. The lowest BCUT2D eigenvalue weighted by Crippen LogP contribution is -2.43. The second kappa shape index (κ2) is 7.22. The van der Waals surface area contributed by atoms with E-state index >= 15 is 0 Å².